The van der Waals surface area contributed by atoms with Gasteiger partial charge in [0.15, 0.2) is 0 Å². The van der Waals surface area contributed by atoms with Gasteiger partial charge in [-0.15, -0.1) is 0 Å². The molecule has 3 heteroatoms. The third kappa shape index (κ3) is 5.55. The van der Waals surface area contributed by atoms with Gasteiger partial charge in [-0.3, -0.25) is 0 Å². The van der Waals surface area contributed by atoms with Gasteiger partial charge in [-0.1, -0.05) is 0 Å². The third-order valence-corrected chi connectivity index (χ3v) is 3.44. The monoisotopic (exact) mass is 203 g/mol. The molecular formula is C10H21NOS. The lowest BCUT2D eigenvalue weighted by atomic mass is 10.1. The number of hydrogen-bond acceptors (Lipinski definition) is 3. The molecule has 78 valence electrons. The van der Waals surface area contributed by atoms with Gasteiger partial charge in [0.05, 0.1) is 5.60 Å². The van der Waals surface area contributed by atoms with Gasteiger partial charge in [-0.05, 0) is 51.2 Å². The summed E-state index contributed by atoms with van der Waals surface area (Å²) in [6.07, 6.45) is 3.42. The Labute approximate surface area is 85.5 Å². The van der Waals surface area contributed by atoms with Gasteiger partial charge in [0.25, 0.3) is 0 Å². The van der Waals surface area contributed by atoms with Crippen LogP contribution in [0.15, 0.2) is 0 Å². The van der Waals surface area contributed by atoms with E-state index in [0.717, 1.165) is 13.0 Å². The van der Waals surface area contributed by atoms with Crippen molar-refractivity contribution in [2.75, 3.05) is 18.1 Å². The maximum Gasteiger partial charge on any atom is 0.0603 e. The van der Waals surface area contributed by atoms with Crippen LogP contribution in [-0.2, 0) is 0 Å². The van der Waals surface area contributed by atoms with E-state index in [1.807, 2.05) is 25.6 Å². The second-order valence-corrected chi connectivity index (χ2v) is 5.63. The molecule has 0 atom stereocenters. The fourth-order valence-corrected chi connectivity index (χ4v) is 2.59. The average Bonchev–Trinajstić information content (AvgIpc) is 2.04. The summed E-state index contributed by atoms with van der Waals surface area (Å²) in [5.74, 6) is 2.58. The average molecular weight is 203 g/mol. The van der Waals surface area contributed by atoms with Crippen LogP contribution in [0, 0.1) is 0 Å². The van der Waals surface area contributed by atoms with Crippen LogP contribution in [-0.4, -0.2) is 34.8 Å². The van der Waals surface area contributed by atoms with E-state index >= 15 is 0 Å². The van der Waals surface area contributed by atoms with Crippen LogP contribution in [0.1, 0.15) is 33.1 Å². The molecule has 1 fully saturated rings. The van der Waals surface area contributed by atoms with Crippen LogP contribution >= 0.6 is 11.8 Å². The lowest BCUT2D eigenvalue weighted by molar-refractivity contribution is 0.0702. The summed E-state index contributed by atoms with van der Waals surface area (Å²) < 4.78 is 0. The fraction of sp³-hybridized carbons (Fsp3) is 1.00. The minimum atomic E-state index is -0.517. The highest BCUT2D eigenvalue weighted by molar-refractivity contribution is 7.99. The van der Waals surface area contributed by atoms with E-state index in [4.69, 9.17) is 0 Å². The standard InChI is InChI=1S/C10H21NOS/c1-10(2,12)5-6-11-9-3-7-13-8-4-9/h9,11-12H,3-8H2,1-2H3. The molecule has 0 radical (unpaired) electrons. The summed E-state index contributed by atoms with van der Waals surface area (Å²) in [7, 11) is 0. The predicted octanol–water partition coefficient (Wildman–Crippen LogP) is 1.63. The normalized spacial score (nSPS) is 20.5. The maximum absolute atomic E-state index is 9.50. The Balaban J connectivity index is 2.04. The smallest absolute Gasteiger partial charge is 0.0603 e. The molecule has 0 aromatic rings. The summed E-state index contributed by atoms with van der Waals surface area (Å²) in [6, 6.07) is 0.698. The number of thioether (sulfide) groups is 1. The molecule has 0 amide bonds. The number of rotatable bonds is 4. The van der Waals surface area contributed by atoms with Crippen LogP contribution in [0.3, 0.4) is 0 Å². The molecule has 0 aromatic heterocycles. The van der Waals surface area contributed by atoms with Crippen LogP contribution in [0.4, 0.5) is 0 Å². The van der Waals surface area contributed by atoms with Crippen LogP contribution in [0.2, 0.25) is 0 Å². The Kier molecular flexibility index (Phi) is 4.56. The summed E-state index contributed by atoms with van der Waals surface area (Å²) >= 11 is 2.05. The lowest BCUT2D eigenvalue weighted by Gasteiger charge is -2.24. The zero-order chi connectivity index (χ0) is 9.73. The highest BCUT2D eigenvalue weighted by Gasteiger charge is 2.15. The van der Waals surface area contributed by atoms with Crippen molar-refractivity contribution in [1.82, 2.24) is 5.32 Å². The third-order valence-electron chi connectivity index (χ3n) is 2.39. The van der Waals surface area contributed by atoms with E-state index in [1.54, 1.807) is 0 Å². The zero-order valence-corrected chi connectivity index (χ0v) is 9.49. The second kappa shape index (κ2) is 5.23. The van der Waals surface area contributed by atoms with E-state index in [9.17, 15) is 5.11 Å². The maximum atomic E-state index is 9.50. The van der Waals surface area contributed by atoms with E-state index < -0.39 is 5.60 Å². The molecule has 1 heterocycles. The topological polar surface area (TPSA) is 32.3 Å². The highest BCUT2D eigenvalue weighted by Crippen LogP contribution is 2.17. The van der Waals surface area contributed by atoms with Gasteiger partial charge in [0, 0.05) is 6.04 Å². The van der Waals surface area contributed by atoms with Crippen LogP contribution in [0.25, 0.3) is 0 Å². The molecule has 0 unspecified atom stereocenters. The van der Waals surface area contributed by atoms with Crippen molar-refractivity contribution in [1.29, 1.82) is 0 Å². The summed E-state index contributed by atoms with van der Waals surface area (Å²) in [6.45, 7) is 4.68. The molecule has 1 aliphatic rings. The molecule has 13 heavy (non-hydrogen) atoms. The SMILES string of the molecule is CC(C)(O)CCNC1CCSCC1. The molecule has 2 N–H and O–H groups in total. The molecule has 0 aromatic carbocycles. The van der Waals surface area contributed by atoms with Crippen molar-refractivity contribution < 1.29 is 5.11 Å². The van der Waals surface area contributed by atoms with E-state index in [0.29, 0.717) is 6.04 Å². The molecule has 0 spiro atoms. The number of nitrogens with one attached hydrogen (secondary N) is 1. The van der Waals surface area contributed by atoms with Crippen molar-refractivity contribution >= 4 is 11.8 Å². The summed E-state index contributed by atoms with van der Waals surface area (Å²) in [5, 5.41) is 13.0. The van der Waals surface area contributed by atoms with Gasteiger partial charge >= 0.3 is 0 Å². The quantitative estimate of drug-likeness (QED) is 0.728. The Morgan fingerprint density at radius 2 is 2.00 bits per heavy atom. The zero-order valence-electron chi connectivity index (χ0n) is 8.68. The second-order valence-electron chi connectivity index (χ2n) is 4.40. The van der Waals surface area contributed by atoms with E-state index in [2.05, 4.69) is 5.32 Å². The van der Waals surface area contributed by atoms with Gasteiger partial charge in [0.1, 0.15) is 0 Å². The number of hydrogen-bond donors (Lipinski definition) is 2. The fourth-order valence-electron chi connectivity index (χ4n) is 1.48. The Hall–Kier alpha value is 0.270. The molecule has 1 saturated heterocycles. The highest BCUT2D eigenvalue weighted by atomic mass is 32.2. The molecular weight excluding hydrogens is 182 g/mol. The Morgan fingerprint density at radius 3 is 2.54 bits per heavy atom. The van der Waals surface area contributed by atoms with Crippen molar-refractivity contribution in [2.45, 2.75) is 44.8 Å². The molecule has 1 rings (SSSR count). The van der Waals surface area contributed by atoms with Crippen LogP contribution < -0.4 is 5.32 Å². The van der Waals surface area contributed by atoms with Crippen LogP contribution in [0.5, 0.6) is 0 Å². The largest absolute Gasteiger partial charge is 0.390 e. The molecule has 0 bridgehead atoms. The lowest BCUT2D eigenvalue weighted by Crippen LogP contribution is -2.36. The van der Waals surface area contributed by atoms with Crippen molar-refractivity contribution in [2.24, 2.45) is 0 Å². The number of aliphatic hydroxyl groups is 1. The van der Waals surface area contributed by atoms with Gasteiger partial charge < -0.3 is 10.4 Å². The van der Waals surface area contributed by atoms with E-state index in [1.165, 1.54) is 24.3 Å². The van der Waals surface area contributed by atoms with Crippen molar-refractivity contribution in [3.63, 3.8) is 0 Å². The Morgan fingerprint density at radius 1 is 1.38 bits per heavy atom. The summed E-state index contributed by atoms with van der Waals surface area (Å²) in [5.41, 5.74) is -0.517. The first kappa shape index (κ1) is 11.3. The van der Waals surface area contributed by atoms with E-state index in [-0.39, 0.29) is 0 Å². The summed E-state index contributed by atoms with van der Waals surface area (Å²) in [4.78, 5) is 0. The van der Waals surface area contributed by atoms with Crippen molar-refractivity contribution in [3.8, 4) is 0 Å². The van der Waals surface area contributed by atoms with Gasteiger partial charge in [0.2, 0.25) is 0 Å². The first-order valence-corrected chi connectivity index (χ1v) is 6.27. The predicted molar refractivity (Wildman–Crippen MR) is 59.3 cm³/mol. The minimum Gasteiger partial charge on any atom is -0.390 e. The molecule has 2 nitrogen and oxygen atoms in total. The van der Waals surface area contributed by atoms with Crippen molar-refractivity contribution in [3.05, 3.63) is 0 Å². The van der Waals surface area contributed by atoms with Gasteiger partial charge in [-0.2, -0.15) is 11.8 Å². The van der Waals surface area contributed by atoms with Gasteiger partial charge in [-0.25, -0.2) is 0 Å². The first-order valence-electron chi connectivity index (χ1n) is 5.11. The molecule has 1 aliphatic heterocycles. The molecule has 0 aliphatic carbocycles. The minimum absolute atomic E-state index is 0.517. The first-order chi connectivity index (χ1) is 6.08. The Bertz CT molecular complexity index is 138. The molecule has 0 saturated carbocycles.